The van der Waals surface area contributed by atoms with Gasteiger partial charge >= 0.3 is 0 Å². The fraction of sp³-hybridized carbons (Fsp3) is 0.409. The molecule has 0 unspecified atom stereocenters. The SMILES string of the molecule is Cc1ccc(OCC(=O)NCC2(c3cccc(F)c3)CCOCC2)c(C)c1. The molecule has 1 heterocycles. The number of aryl methyl sites for hydroxylation is 2. The highest BCUT2D eigenvalue weighted by Crippen LogP contribution is 2.34. The topological polar surface area (TPSA) is 47.6 Å². The number of nitrogens with one attached hydrogen (secondary N) is 1. The maximum absolute atomic E-state index is 13.7. The van der Waals surface area contributed by atoms with Crippen LogP contribution >= 0.6 is 0 Å². The van der Waals surface area contributed by atoms with Gasteiger partial charge in [0, 0.05) is 25.2 Å². The van der Waals surface area contributed by atoms with Crippen molar-refractivity contribution in [3.63, 3.8) is 0 Å². The molecule has 1 saturated heterocycles. The lowest BCUT2D eigenvalue weighted by Crippen LogP contribution is -2.45. The first-order valence-corrected chi connectivity index (χ1v) is 9.29. The first-order valence-electron chi connectivity index (χ1n) is 9.29. The zero-order chi connectivity index (χ0) is 19.3. The first kappa shape index (κ1) is 19.4. The van der Waals surface area contributed by atoms with Gasteiger partial charge in [-0.2, -0.15) is 0 Å². The van der Waals surface area contributed by atoms with Gasteiger partial charge in [-0.05, 0) is 56.0 Å². The maximum atomic E-state index is 13.7. The van der Waals surface area contributed by atoms with Crippen LogP contribution in [-0.2, 0) is 14.9 Å². The molecule has 0 aromatic heterocycles. The van der Waals surface area contributed by atoms with Crippen molar-refractivity contribution in [2.45, 2.75) is 32.1 Å². The molecule has 1 amide bonds. The van der Waals surface area contributed by atoms with Crippen LogP contribution in [0.5, 0.6) is 5.75 Å². The van der Waals surface area contributed by atoms with Crippen LogP contribution in [0.25, 0.3) is 0 Å². The Morgan fingerprint density at radius 3 is 2.67 bits per heavy atom. The lowest BCUT2D eigenvalue weighted by atomic mass is 9.74. The summed E-state index contributed by atoms with van der Waals surface area (Å²) in [7, 11) is 0. The highest BCUT2D eigenvalue weighted by molar-refractivity contribution is 5.77. The van der Waals surface area contributed by atoms with Crippen LogP contribution in [0.2, 0.25) is 0 Å². The molecule has 1 aliphatic heterocycles. The van der Waals surface area contributed by atoms with Crippen molar-refractivity contribution >= 4 is 5.91 Å². The largest absolute Gasteiger partial charge is 0.484 e. The van der Waals surface area contributed by atoms with Gasteiger partial charge in [-0.1, -0.05) is 29.8 Å². The molecule has 0 atom stereocenters. The number of hydrogen-bond acceptors (Lipinski definition) is 3. The summed E-state index contributed by atoms with van der Waals surface area (Å²) >= 11 is 0. The average Bonchev–Trinajstić information content (AvgIpc) is 2.66. The number of hydrogen-bond donors (Lipinski definition) is 1. The minimum atomic E-state index is -0.310. The average molecular weight is 371 g/mol. The van der Waals surface area contributed by atoms with Crippen LogP contribution in [0.3, 0.4) is 0 Å². The predicted octanol–water partition coefficient (Wildman–Crippen LogP) is 3.69. The Labute approximate surface area is 159 Å². The summed E-state index contributed by atoms with van der Waals surface area (Å²) in [6.45, 7) is 5.58. The molecule has 1 fully saturated rings. The zero-order valence-corrected chi connectivity index (χ0v) is 15.9. The highest BCUT2D eigenvalue weighted by Gasteiger charge is 2.35. The molecule has 27 heavy (non-hydrogen) atoms. The fourth-order valence-electron chi connectivity index (χ4n) is 3.57. The van der Waals surface area contributed by atoms with Crippen LogP contribution < -0.4 is 10.1 Å². The summed E-state index contributed by atoms with van der Waals surface area (Å²) < 4.78 is 24.9. The molecule has 0 bridgehead atoms. The van der Waals surface area contributed by atoms with Gasteiger partial charge in [-0.3, -0.25) is 4.79 Å². The molecule has 4 nitrogen and oxygen atoms in total. The van der Waals surface area contributed by atoms with Gasteiger partial charge in [-0.15, -0.1) is 0 Å². The number of ether oxygens (including phenoxy) is 2. The third kappa shape index (κ3) is 4.86. The van der Waals surface area contributed by atoms with Crippen LogP contribution in [0.15, 0.2) is 42.5 Å². The number of carbonyl (C=O) groups excluding carboxylic acids is 1. The van der Waals surface area contributed by atoms with Crippen molar-refractivity contribution in [1.82, 2.24) is 5.32 Å². The lowest BCUT2D eigenvalue weighted by Gasteiger charge is -2.38. The summed E-state index contributed by atoms with van der Waals surface area (Å²) in [5.74, 6) is 0.266. The third-order valence-corrected chi connectivity index (χ3v) is 5.20. The first-order chi connectivity index (χ1) is 13.0. The molecule has 5 heteroatoms. The number of carbonyl (C=O) groups is 1. The van der Waals surface area contributed by atoms with E-state index in [1.165, 1.54) is 6.07 Å². The van der Waals surface area contributed by atoms with E-state index >= 15 is 0 Å². The van der Waals surface area contributed by atoms with Crippen molar-refractivity contribution in [3.8, 4) is 5.75 Å². The second-order valence-corrected chi connectivity index (χ2v) is 7.24. The third-order valence-electron chi connectivity index (χ3n) is 5.20. The van der Waals surface area contributed by atoms with Gasteiger partial charge in [0.1, 0.15) is 11.6 Å². The Kier molecular flexibility index (Phi) is 6.11. The van der Waals surface area contributed by atoms with E-state index in [1.807, 2.05) is 38.1 Å². The standard InChI is InChI=1S/C22H26FNO3/c1-16-6-7-20(17(2)12-16)27-14-21(25)24-15-22(8-10-26-11-9-22)18-4-3-5-19(23)13-18/h3-7,12-13H,8-11,14-15H2,1-2H3,(H,24,25). The lowest BCUT2D eigenvalue weighted by molar-refractivity contribution is -0.123. The monoisotopic (exact) mass is 371 g/mol. The Morgan fingerprint density at radius 1 is 1.19 bits per heavy atom. The molecule has 0 radical (unpaired) electrons. The van der Waals surface area contributed by atoms with Gasteiger partial charge in [0.25, 0.3) is 5.91 Å². The molecule has 3 rings (SSSR count). The fourth-order valence-corrected chi connectivity index (χ4v) is 3.57. The van der Waals surface area contributed by atoms with Gasteiger partial charge in [0.15, 0.2) is 6.61 Å². The predicted molar refractivity (Wildman–Crippen MR) is 103 cm³/mol. The number of halogens is 1. The number of rotatable bonds is 6. The van der Waals surface area contributed by atoms with E-state index in [0.29, 0.717) is 25.5 Å². The summed E-state index contributed by atoms with van der Waals surface area (Å²) in [6.07, 6.45) is 1.49. The van der Waals surface area contributed by atoms with Crippen molar-refractivity contribution in [2.75, 3.05) is 26.4 Å². The van der Waals surface area contributed by atoms with Gasteiger partial charge in [-0.25, -0.2) is 4.39 Å². The summed E-state index contributed by atoms with van der Waals surface area (Å²) in [5, 5.41) is 2.97. The van der Waals surface area contributed by atoms with E-state index in [2.05, 4.69) is 5.32 Å². The van der Waals surface area contributed by atoms with E-state index < -0.39 is 0 Å². The van der Waals surface area contributed by atoms with E-state index in [9.17, 15) is 9.18 Å². The molecule has 1 aliphatic rings. The van der Waals surface area contributed by atoms with E-state index in [0.717, 1.165) is 29.5 Å². The molecule has 2 aromatic rings. The molecular weight excluding hydrogens is 345 g/mol. The Balaban J connectivity index is 1.62. The Hall–Kier alpha value is -2.40. The maximum Gasteiger partial charge on any atom is 0.257 e. The van der Waals surface area contributed by atoms with Crippen LogP contribution in [0.1, 0.15) is 29.5 Å². The van der Waals surface area contributed by atoms with Crippen LogP contribution in [0.4, 0.5) is 4.39 Å². The van der Waals surface area contributed by atoms with Crippen LogP contribution in [-0.4, -0.2) is 32.3 Å². The molecule has 0 aliphatic carbocycles. The second-order valence-electron chi connectivity index (χ2n) is 7.24. The quantitative estimate of drug-likeness (QED) is 0.843. The number of benzene rings is 2. The van der Waals surface area contributed by atoms with Crippen molar-refractivity contribution in [1.29, 1.82) is 0 Å². The van der Waals surface area contributed by atoms with Crippen molar-refractivity contribution in [3.05, 3.63) is 65.0 Å². The molecule has 0 saturated carbocycles. The number of amides is 1. The molecule has 144 valence electrons. The molecular formula is C22H26FNO3. The van der Waals surface area contributed by atoms with E-state index in [-0.39, 0.29) is 23.7 Å². The Morgan fingerprint density at radius 2 is 1.96 bits per heavy atom. The van der Waals surface area contributed by atoms with Gasteiger partial charge in [0.2, 0.25) is 0 Å². The van der Waals surface area contributed by atoms with Crippen molar-refractivity contribution in [2.24, 2.45) is 0 Å². The van der Waals surface area contributed by atoms with Crippen LogP contribution in [0, 0.1) is 19.7 Å². The van der Waals surface area contributed by atoms with Gasteiger partial charge < -0.3 is 14.8 Å². The summed E-state index contributed by atoms with van der Waals surface area (Å²) in [5.41, 5.74) is 2.75. The van der Waals surface area contributed by atoms with Crippen molar-refractivity contribution < 1.29 is 18.7 Å². The minimum Gasteiger partial charge on any atom is -0.484 e. The highest BCUT2D eigenvalue weighted by atomic mass is 19.1. The normalized spacial score (nSPS) is 16.0. The smallest absolute Gasteiger partial charge is 0.257 e. The van der Waals surface area contributed by atoms with E-state index in [4.69, 9.17) is 9.47 Å². The molecule has 0 spiro atoms. The molecule has 2 aromatic carbocycles. The van der Waals surface area contributed by atoms with E-state index in [1.54, 1.807) is 12.1 Å². The minimum absolute atomic E-state index is 0.0420. The Bertz CT molecular complexity index is 800. The second kappa shape index (κ2) is 8.53. The zero-order valence-electron chi connectivity index (χ0n) is 15.9. The molecule has 1 N–H and O–H groups in total. The summed E-state index contributed by atoms with van der Waals surface area (Å²) in [4.78, 5) is 12.3. The van der Waals surface area contributed by atoms with Gasteiger partial charge in [0.05, 0.1) is 0 Å². The summed E-state index contributed by atoms with van der Waals surface area (Å²) in [6, 6.07) is 12.5.